The van der Waals surface area contributed by atoms with Gasteiger partial charge < -0.3 is 0 Å². The molecule has 1 aromatic heterocycles. The Balaban J connectivity index is 1.91. The first kappa shape index (κ1) is 18.0. The Morgan fingerprint density at radius 3 is 2.58 bits per heavy atom. The molecule has 0 aliphatic carbocycles. The van der Waals surface area contributed by atoms with Gasteiger partial charge in [-0.15, -0.1) is 0 Å². The molecule has 1 heterocycles. The van der Waals surface area contributed by atoms with Crippen molar-refractivity contribution in [3.8, 4) is 0 Å². The van der Waals surface area contributed by atoms with E-state index in [1.807, 2.05) is 31.2 Å². The smallest absolute Gasteiger partial charge is 0.267 e. The molecule has 3 aromatic rings. The monoisotopic (exact) mass is 412 g/mol. The fourth-order valence-corrected chi connectivity index (χ4v) is 2.80. The van der Waals surface area contributed by atoms with E-state index in [1.54, 1.807) is 30.5 Å². The molecule has 0 atom stereocenters. The van der Waals surface area contributed by atoms with E-state index >= 15 is 0 Å². The highest BCUT2D eigenvalue weighted by Gasteiger charge is 2.15. The molecule has 6 nitrogen and oxygen atoms in total. The number of fused-ring (bicyclic) bond motifs is 1. The lowest BCUT2D eigenvalue weighted by Crippen LogP contribution is -2.29. The molecule has 0 radical (unpaired) electrons. The summed E-state index contributed by atoms with van der Waals surface area (Å²) in [5.74, 6) is -0.459. The molecule has 26 heavy (non-hydrogen) atoms. The summed E-state index contributed by atoms with van der Waals surface area (Å²) in [6, 6.07) is 14.5. The maximum Gasteiger partial charge on any atom is 0.292 e. The number of carbonyl (C=O) groups excluding carboxylic acids is 1. The molecule has 7 heteroatoms. The molecule has 0 aliphatic rings. The first-order valence-electron chi connectivity index (χ1n) is 8.19. The summed E-state index contributed by atoms with van der Waals surface area (Å²) in [5, 5.41) is 9.21. The summed E-state index contributed by atoms with van der Waals surface area (Å²) < 4.78 is 2.29. The first-order chi connectivity index (χ1) is 12.6. The number of hydrazone groups is 1. The number of benzene rings is 2. The van der Waals surface area contributed by atoms with Gasteiger partial charge in [0.05, 0.1) is 11.6 Å². The van der Waals surface area contributed by atoms with Gasteiger partial charge in [0, 0.05) is 16.4 Å². The van der Waals surface area contributed by atoms with Crippen molar-refractivity contribution in [2.24, 2.45) is 5.10 Å². The molecule has 0 saturated carbocycles. The van der Waals surface area contributed by atoms with Crippen LogP contribution in [-0.2, 0) is 6.54 Å². The molecule has 3 rings (SSSR count). The summed E-state index contributed by atoms with van der Waals surface area (Å²) in [6.07, 6.45) is 2.29. The highest BCUT2D eigenvalue weighted by molar-refractivity contribution is 9.10. The van der Waals surface area contributed by atoms with Crippen LogP contribution >= 0.6 is 15.9 Å². The van der Waals surface area contributed by atoms with Gasteiger partial charge in [-0.3, -0.25) is 9.59 Å². The molecule has 1 amide bonds. The van der Waals surface area contributed by atoms with Crippen molar-refractivity contribution in [2.45, 2.75) is 19.9 Å². The van der Waals surface area contributed by atoms with Crippen LogP contribution in [0.1, 0.15) is 29.4 Å². The number of nitrogens with one attached hydrogen (secondary N) is 1. The topological polar surface area (TPSA) is 76.3 Å². The fraction of sp³-hybridized carbons (Fsp3) is 0.158. The lowest BCUT2D eigenvalue weighted by molar-refractivity contribution is 0.0949. The second-order valence-corrected chi connectivity index (χ2v) is 6.59. The number of nitrogens with zero attached hydrogens (tertiary/aromatic N) is 3. The van der Waals surface area contributed by atoms with Gasteiger partial charge in [-0.05, 0) is 30.2 Å². The third kappa shape index (κ3) is 3.88. The van der Waals surface area contributed by atoms with E-state index in [4.69, 9.17) is 0 Å². The van der Waals surface area contributed by atoms with Gasteiger partial charge in [0.15, 0.2) is 5.69 Å². The standard InChI is InChI=1S/C19H17BrN4O2/c1-2-11-24-19(26)16-6-4-3-5-15(16)17(23-24)18(25)22-21-12-13-7-9-14(20)10-8-13/h3-10,12H,2,11H2,1H3,(H,22,25)/b21-12+. The van der Waals surface area contributed by atoms with Crippen LogP contribution in [0.4, 0.5) is 0 Å². The van der Waals surface area contributed by atoms with Crippen molar-refractivity contribution in [1.82, 2.24) is 15.2 Å². The number of aromatic nitrogens is 2. The molecular weight excluding hydrogens is 396 g/mol. The maximum atomic E-state index is 12.6. The maximum absolute atomic E-state index is 12.6. The number of amides is 1. The Hall–Kier alpha value is -2.80. The van der Waals surface area contributed by atoms with Crippen LogP contribution < -0.4 is 11.0 Å². The predicted octanol–water partition coefficient (Wildman–Crippen LogP) is 3.33. The third-order valence-electron chi connectivity index (χ3n) is 3.77. The summed E-state index contributed by atoms with van der Waals surface area (Å²) >= 11 is 3.37. The molecule has 0 saturated heterocycles. The number of hydrogen-bond acceptors (Lipinski definition) is 4. The van der Waals surface area contributed by atoms with E-state index in [2.05, 4.69) is 31.6 Å². The quantitative estimate of drug-likeness (QED) is 0.515. The Bertz CT molecular complexity index is 1030. The molecule has 1 N–H and O–H groups in total. The minimum absolute atomic E-state index is 0.182. The molecule has 2 aromatic carbocycles. The average Bonchev–Trinajstić information content (AvgIpc) is 2.65. The SMILES string of the molecule is CCCn1nc(C(=O)N/N=C/c2ccc(Br)cc2)c2ccccc2c1=O. The average molecular weight is 413 g/mol. The van der Waals surface area contributed by atoms with Gasteiger partial charge in [0.2, 0.25) is 0 Å². The Kier molecular flexibility index (Phi) is 5.58. The number of rotatable bonds is 5. The minimum Gasteiger partial charge on any atom is -0.267 e. The second kappa shape index (κ2) is 8.05. The highest BCUT2D eigenvalue weighted by atomic mass is 79.9. The van der Waals surface area contributed by atoms with E-state index in [1.165, 1.54) is 4.68 Å². The summed E-state index contributed by atoms with van der Waals surface area (Å²) in [4.78, 5) is 25.0. The molecule has 0 fully saturated rings. The second-order valence-electron chi connectivity index (χ2n) is 5.67. The predicted molar refractivity (Wildman–Crippen MR) is 105 cm³/mol. The van der Waals surface area contributed by atoms with Crippen LogP contribution in [0.25, 0.3) is 10.8 Å². The Morgan fingerprint density at radius 1 is 1.19 bits per heavy atom. The van der Waals surface area contributed by atoms with Gasteiger partial charge in [-0.2, -0.15) is 10.2 Å². The largest absolute Gasteiger partial charge is 0.292 e. The number of halogens is 1. The normalized spacial score (nSPS) is 11.2. The van der Waals surface area contributed by atoms with Crippen molar-refractivity contribution in [2.75, 3.05) is 0 Å². The zero-order valence-corrected chi connectivity index (χ0v) is 15.7. The van der Waals surface area contributed by atoms with E-state index in [9.17, 15) is 9.59 Å². The molecule has 0 bridgehead atoms. The summed E-state index contributed by atoms with van der Waals surface area (Å²) in [5.41, 5.74) is 3.32. The van der Waals surface area contributed by atoms with Crippen molar-refractivity contribution in [3.05, 3.63) is 74.6 Å². The van der Waals surface area contributed by atoms with Crippen molar-refractivity contribution < 1.29 is 4.79 Å². The lowest BCUT2D eigenvalue weighted by atomic mass is 10.1. The van der Waals surface area contributed by atoms with E-state index in [0.717, 1.165) is 16.5 Å². The van der Waals surface area contributed by atoms with Gasteiger partial charge in [-0.1, -0.05) is 53.2 Å². The Morgan fingerprint density at radius 2 is 1.88 bits per heavy atom. The van der Waals surface area contributed by atoms with E-state index in [-0.39, 0.29) is 11.3 Å². The van der Waals surface area contributed by atoms with Crippen molar-refractivity contribution in [1.29, 1.82) is 0 Å². The van der Waals surface area contributed by atoms with Crippen LogP contribution in [0.5, 0.6) is 0 Å². The van der Waals surface area contributed by atoms with Crippen LogP contribution in [0.2, 0.25) is 0 Å². The van der Waals surface area contributed by atoms with Crippen LogP contribution in [0.3, 0.4) is 0 Å². The number of hydrogen-bond donors (Lipinski definition) is 1. The minimum atomic E-state index is -0.459. The van der Waals surface area contributed by atoms with Crippen LogP contribution in [0, 0.1) is 0 Å². The molecule has 0 aliphatic heterocycles. The zero-order chi connectivity index (χ0) is 18.5. The van der Waals surface area contributed by atoms with Crippen molar-refractivity contribution >= 4 is 38.8 Å². The number of carbonyl (C=O) groups is 1. The first-order valence-corrected chi connectivity index (χ1v) is 8.98. The summed E-state index contributed by atoms with van der Waals surface area (Å²) in [7, 11) is 0. The van der Waals surface area contributed by atoms with Gasteiger partial charge in [-0.25, -0.2) is 10.1 Å². The summed E-state index contributed by atoms with van der Waals surface area (Å²) in [6.45, 7) is 2.40. The highest BCUT2D eigenvalue weighted by Crippen LogP contribution is 2.13. The van der Waals surface area contributed by atoms with Gasteiger partial charge in [0.25, 0.3) is 11.5 Å². The molecule has 132 valence electrons. The van der Waals surface area contributed by atoms with Gasteiger partial charge >= 0.3 is 0 Å². The molecule has 0 spiro atoms. The van der Waals surface area contributed by atoms with Gasteiger partial charge in [0.1, 0.15) is 0 Å². The zero-order valence-electron chi connectivity index (χ0n) is 14.1. The number of aryl methyl sites for hydroxylation is 1. The fourth-order valence-electron chi connectivity index (χ4n) is 2.53. The van der Waals surface area contributed by atoms with Crippen LogP contribution in [0.15, 0.2) is 62.9 Å². The Labute approximate surface area is 158 Å². The van der Waals surface area contributed by atoms with E-state index in [0.29, 0.717) is 17.3 Å². The van der Waals surface area contributed by atoms with Crippen molar-refractivity contribution in [3.63, 3.8) is 0 Å². The van der Waals surface area contributed by atoms with E-state index < -0.39 is 5.91 Å². The van der Waals surface area contributed by atoms with Crippen LogP contribution in [-0.4, -0.2) is 21.9 Å². The molecular formula is C19H17BrN4O2. The third-order valence-corrected chi connectivity index (χ3v) is 4.30. The lowest BCUT2D eigenvalue weighted by Gasteiger charge is -2.09. The molecule has 0 unspecified atom stereocenters.